The Morgan fingerprint density at radius 2 is 1.70 bits per heavy atom. The molecular weight excluding hydrogens is 323 g/mol. The van der Waals surface area contributed by atoms with Gasteiger partial charge in [-0.05, 0) is 26.0 Å². The predicted molar refractivity (Wildman–Crippen MR) is 86.1 cm³/mol. The molecule has 8 heteroatoms. The van der Waals surface area contributed by atoms with Gasteiger partial charge in [0.1, 0.15) is 5.75 Å². The fraction of sp³-hybridized carbons (Fsp3) is 0.400. The number of rotatable bonds is 7. The molecule has 0 spiro atoms. The first kappa shape index (κ1) is 17.5. The van der Waals surface area contributed by atoms with E-state index in [2.05, 4.69) is 0 Å². The Hall–Kier alpha value is -1.82. The molecule has 0 unspecified atom stereocenters. The van der Waals surface area contributed by atoms with Crippen LogP contribution in [0, 0.1) is 0 Å². The van der Waals surface area contributed by atoms with Crippen molar-refractivity contribution in [3.05, 3.63) is 28.6 Å². The summed E-state index contributed by atoms with van der Waals surface area (Å²) in [6.45, 7) is 3.60. The second kappa shape index (κ2) is 7.17. The summed E-state index contributed by atoms with van der Waals surface area (Å²) >= 11 is 0. The lowest BCUT2D eigenvalue weighted by molar-refractivity contribution is 0.229. The van der Waals surface area contributed by atoms with Crippen LogP contribution in [0.25, 0.3) is 11.0 Å². The predicted octanol–water partition coefficient (Wildman–Crippen LogP) is 2.70. The zero-order valence-electron chi connectivity index (χ0n) is 13.5. The number of ether oxygens (including phenoxy) is 2. The summed E-state index contributed by atoms with van der Waals surface area (Å²) in [5.41, 5.74) is -0.548. The van der Waals surface area contributed by atoms with Crippen LogP contribution in [0.5, 0.6) is 11.5 Å². The van der Waals surface area contributed by atoms with Gasteiger partial charge in [-0.1, -0.05) is 0 Å². The van der Waals surface area contributed by atoms with Crippen molar-refractivity contribution < 1.29 is 27.5 Å². The van der Waals surface area contributed by atoms with Crippen molar-refractivity contribution in [1.82, 2.24) is 0 Å². The maximum atomic E-state index is 12.8. The van der Waals surface area contributed by atoms with Gasteiger partial charge in [-0.3, -0.25) is 4.57 Å². The molecule has 0 atom stereocenters. The third-order valence-corrected chi connectivity index (χ3v) is 5.20. The average molecular weight is 342 g/mol. The summed E-state index contributed by atoms with van der Waals surface area (Å²) in [5.74, 6) is 0.849. The lowest BCUT2D eigenvalue weighted by Crippen LogP contribution is -2.26. The van der Waals surface area contributed by atoms with Gasteiger partial charge < -0.3 is 22.9 Å². The Balaban J connectivity index is 2.73. The molecule has 1 heterocycles. The van der Waals surface area contributed by atoms with Crippen molar-refractivity contribution in [1.29, 1.82) is 0 Å². The Labute approximate surface area is 133 Å². The van der Waals surface area contributed by atoms with Crippen molar-refractivity contribution in [2.45, 2.75) is 13.8 Å². The fourth-order valence-corrected chi connectivity index (χ4v) is 3.74. The summed E-state index contributed by atoms with van der Waals surface area (Å²) in [4.78, 5) is 12.3. The summed E-state index contributed by atoms with van der Waals surface area (Å²) in [7, 11) is -0.791. The second-order valence-electron chi connectivity index (χ2n) is 4.50. The molecule has 0 aliphatic carbocycles. The van der Waals surface area contributed by atoms with Gasteiger partial charge in [0.05, 0.1) is 27.4 Å². The van der Waals surface area contributed by atoms with Gasteiger partial charge >= 0.3 is 13.2 Å². The smallest absolute Gasteiger partial charge is 0.368 e. The van der Waals surface area contributed by atoms with E-state index in [1.165, 1.54) is 20.3 Å². The van der Waals surface area contributed by atoms with Crippen LogP contribution in [0.15, 0.2) is 27.4 Å². The van der Waals surface area contributed by atoms with Gasteiger partial charge in [0.15, 0.2) is 16.6 Å². The van der Waals surface area contributed by atoms with E-state index in [1.54, 1.807) is 26.0 Å². The molecule has 0 radical (unpaired) electrons. The van der Waals surface area contributed by atoms with Crippen LogP contribution in [0.4, 0.5) is 0 Å². The molecule has 0 saturated carbocycles. The van der Waals surface area contributed by atoms with E-state index in [9.17, 15) is 9.36 Å². The molecular formula is C15H19O7P. The van der Waals surface area contributed by atoms with E-state index in [0.717, 1.165) is 0 Å². The minimum Gasteiger partial charge on any atom is -0.497 e. The molecule has 0 aliphatic heterocycles. The number of fused-ring (bicyclic) bond motifs is 1. The highest BCUT2D eigenvalue weighted by molar-refractivity contribution is 7.62. The molecule has 1 aromatic carbocycles. The first-order valence-electron chi connectivity index (χ1n) is 7.08. The van der Waals surface area contributed by atoms with Crippen molar-refractivity contribution in [2.24, 2.45) is 0 Å². The van der Waals surface area contributed by atoms with Gasteiger partial charge in [0.2, 0.25) is 0 Å². The highest BCUT2D eigenvalue weighted by Crippen LogP contribution is 2.46. The SMILES string of the molecule is CCOP(=O)(OCC)c1cc2cc(OC)cc(OC)c2oc1=O. The Kier molecular flexibility index (Phi) is 5.46. The van der Waals surface area contributed by atoms with E-state index in [4.69, 9.17) is 22.9 Å². The van der Waals surface area contributed by atoms with Gasteiger partial charge in [-0.2, -0.15) is 0 Å². The monoisotopic (exact) mass is 342 g/mol. The molecule has 7 nitrogen and oxygen atoms in total. The zero-order valence-corrected chi connectivity index (χ0v) is 14.3. The highest BCUT2D eigenvalue weighted by atomic mass is 31.2. The van der Waals surface area contributed by atoms with E-state index >= 15 is 0 Å². The van der Waals surface area contributed by atoms with E-state index in [0.29, 0.717) is 16.9 Å². The van der Waals surface area contributed by atoms with Crippen molar-refractivity contribution >= 4 is 23.9 Å². The Morgan fingerprint density at radius 3 is 2.22 bits per heavy atom. The minimum absolute atomic E-state index is 0.135. The summed E-state index contributed by atoms with van der Waals surface area (Å²) in [6, 6.07) is 4.67. The van der Waals surface area contributed by atoms with Gasteiger partial charge in [-0.25, -0.2) is 4.79 Å². The molecule has 2 rings (SSSR count). The van der Waals surface area contributed by atoms with Crippen LogP contribution in [0.3, 0.4) is 0 Å². The third-order valence-electron chi connectivity index (χ3n) is 3.10. The molecule has 23 heavy (non-hydrogen) atoms. The second-order valence-corrected chi connectivity index (χ2v) is 6.49. The van der Waals surface area contributed by atoms with Gasteiger partial charge in [-0.15, -0.1) is 0 Å². The standard InChI is InChI=1S/C15H19O7P/c1-5-20-23(17,21-6-2)13-8-10-7-11(18-3)9-12(19-4)14(10)22-15(13)16/h7-9H,5-6H2,1-4H3. The number of hydrogen-bond donors (Lipinski definition) is 0. The van der Waals surface area contributed by atoms with Gasteiger partial charge in [0.25, 0.3) is 0 Å². The third kappa shape index (κ3) is 3.42. The first-order chi connectivity index (χ1) is 11.0. The molecule has 0 fully saturated rings. The van der Waals surface area contributed by atoms with E-state index in [-0.39, 0.29) is 24.1 Å². The normalized spacial score (nSPS) is 11.7. The van der Waals surface area contributed by atoms with Crippen LogP contribution in [0.1, 0.15) is 13.8 Å². The number of benzene rings is 1. The van der Waals surface area contributed by atoms with Crippen molar-refractivity contribution in [3.63, 3.8) is 0 Å². The van der Waals surface area contributed by atoms with Crippen LogP contribution >= 0.6 is 7.60 Å². The van der Waals surface area contributed by atoms with Crippen LogP contribution in [0.2, 0.25) is 0 Å². The zero-order chi connectivity index (χ0) is 17.0. The number of methoxy groups -OCH3 is 2. The summed E-state index contributed by atoms with van der Waals surface area (Å²) < 4.78 is 38.9. The molecule has 0 aliphatic rings. The summed E-state index contributed by atoms with van der Waals surface area (Å²) in [5, 5.41) is 0.347. The molecule has 126 valence electrons. The van der Waals surface area contributed by atoms with Crippen LogP contribution < -0.4 is 20.4 Å². The topological polar surface area (TPSA) is 84.2 Å². The fourth-order valence-electron chi connectivity index (χ4n) is 2.14. The van der Waals surface area contributed by atoms with Crippen molar-refractivity contribution in [2.75, 3.05) is 27.4 Å². The van der Waals surface area contributed by atoms with E-state index < -0.39 is 13.2 Å². The molecule has 1 aromatic heterocycles. The Morgan fingerprint density at radius 1 is 1.04 bits per heavy atom. The Bertz CT molecular complexity index is 786. The maximum Gasteiger partial charge on any atom is 0.368 e. The molecule has 2 aromatic rings. The first-order valence-corrected chi connectivity index (χ1v) is 8.62. The number of hydrogen-bond acceptors (Lipinski definition) is 7. The summed E-state index contributed by atoms with van der Waals surface area (Å²) in [6.07, 6.45) is 0. The largest absolute Gasteiger partial charge is 0.497 e. The minimum atomic E-state index is -3.75. The quantitative estimate of drug-likeness (QED) is 0.565. The van der Waals surface area contributed by atoms with E-state index in [1.807, 2.05) is 0 Å². The molecule has 0 bridgehead atoms. The maximum absolute atomic E-state index is 12.8. The molecule has 0 saturated heterocycles. The van der Waals surface area contributed by atoms with Crippen LogP contribution in [-0.4, -0.2) is 27.4 Å². The average Bonchev–Trinajstić information content (AvgIpc) is 2.53. The van der Waals surface area contributed by atoms with Crippen molar-refractivity contribution in [3.8, 4) is 11.5 Å². The molecule has 0 amide bonds. The highest BCUT2D eigenvalue weighted by Gasteiger charge is 2.32. The lowest BCUT2D eigenvalue weighted by Gasteiger charge is -2.16. The molecule has 0 N–H and O–H groups in total. The lowest BCUT2D eigenvalue weighted by atomic mass is 10.2. The van der Waals surface area contributed by atoms with Gasteiger partial charge in [0, 0.05) is 11.5 Å². The van der Waals surface area contributed by atoms with Crippen LogP contribution in [-0.2, 0) is 13.6 Å².